The number of aryl methyl sites for hydroxylation is 1. The number of hydrogen-bond donors (Lipinski definition) is 0. The maximum atomic E-state index is 15.0. The van der Waals surface area contributed by atoms with Gasteiger partial charge < -0.3 is 9.30 Å². The van der Waals surface area contributed by atoms with Gasteiger partial charge in [-0.15, -0.1) is 0 Å². The molecular formula is C27H23ClF4N4O3. The summed E-state index contributed by atoms with van der Waals surface area (Å²) in [5.41, 5.74) is 1.37. The molecule has 4 aromatic rings. The first-order valence-electron chi connectivity index (χ1n) is 12.2. The second-order valence-corrected chi connectivity index (χ2v) is 10.0. The van der Waals surface area contributed by atoms with Crippen molar-refractivity contribution in [2.45, 2.75) is 51.4 Å². The highest BCUT2D eigenvalue weighted by Crippen LogP contribution is 2.38. The van der Waals surface area contributed by atoms with Gasteiger partial charge in [0.05, 0.1) is 11.8 Å². The molecule has 7 nitrogen and oxygen atoms in total. The van der Waals surface area contributed by atoms with E-state index < -0.39 is 35.8 Å². The summed E-state index contributed by atoms with van der Waals surface area (Å²) in [5, 5.41) is 4.79. The van der Waals surface area contributed by atoms with Crippen LogP contribution in [0.4, 0.5) is 17.6 Å². The molecule has 1 aliphatic rings. The predicted molar refractivity (Wildman–Crippen MR) is 137 cm³/mol. The molecule has 5 rings (SSSR count). The lowest BCUT2D eigenvalue weighted by Gasteiger charge is -2.30. The molecule has 1 fully saturated rings. The van der Waals surface area contributed by atoms with Crippen molar-refractivity contribution < 1.29 is 22.3 Å². The van der Waals surface area contributed by atoms with Crippen molar-refractivity contribution in [3.63, 3.8) is 0 Å². The molecule has 0 unspecified atom stereocenters. The molecule has 4 heterocycles. The molecular weight excluding hydrogens is 540 g/mol. The number of aromatic nitrogens is 4. The van der Waals surface area contributed by atoms with E-state index in [1.165, 1.54) is 24.3 Å². The van der Waals surface area contributed by atoms with Gasteiger partial charge in [-0.25, -0.2) is 9.37 Å². The highest BCUT2D eigenvalue weighted by atomic mass is 35.5. The Balaban J connectivity index is 1.59. The van der Waals surface area contributed by atoms with Crippen molar-refractivity contribution in [3.8, 4) is 11.1 Å². The van der Waals surface area contributed by atoms with Crippen molar-refractivity contribution in [1.82, 2.24) is 19.2 Å². The van der Waals surface area contributed by atoms with Crippen LogP contribution in [0.15, 0.2) is 52.2 Å². The summed E-state index contributed by atoms with van der Waals surface area (Å²) in [6.07, 6.45) is -3.19. The Hall–Kier alpha value is -3.57. The van der Waals surface area contributed by atoms with E-state index in [2.05, 4.69) is 10.1 Å². The number of benzene rings is 1. The van der Waals surface area contributed by atoms with E-state index in [1.54, 1.807) is 19.9 Å². The fourth-order valence-corrected chi connectivity index (χ4v) is 4.94. The molecule has 1 aromatic carbocycles. The second kappa shape index (κ2) is 10.2. The van der Waals surface area contributed by atoms with Crippen LogP contribution in [-0.4, -0.2) is 31.9 Å². The molecule has 39 heavy (non-hydrogen) atoms. The number of nitrogens with zero attached hydrogens (tertiary/aromatic N) is 4. The first-order valence-corrected chi connectivity index (χ1v) is 12.5. The molecule has 0 amide bonds. The van der Waals surface area contributed by atoms with Gasteiger partial charge in [-0.1, -0.05) is 11.6 Å². The quantitative estimate of drug-likeness (QED) is 0.306. The maximum Gasteiger partial charge on any atom is 0.406 e. The second-order valence-electron chi connectivity index (χ2n) is 9.59. The Bertz CT molecular complexity index is 1700. The summed E-state index contributed by atoms with van der Waals surface area (Å²) in [4.78, 5) is 29.7. The first-order chi connectivity index (χ1) is 18.4. The standard InChI is InChI=1S/C27H23ClF4N4O3/c1-14-15(2)33-25-20(19-5-4-18(28)10-21(19)29)11-22(34-36(25)26(14)38)16-7-8-39-23(9-16)17-3-6-24(37)35(12-17)13-27(30,31)32/h3-6,10-12,16,23H,7-9,13H2,1-2H3/t16-,23+/m1/s1. The van der Waals surface area contributed by atoms with Gasteiger partial charge in [0.15, 0.2) is 5.65 Å². The van der Waals surface area contributed by atoms with Crippen molar-refractivity contribution in [2.75, 3.05) is 6.61 Å². The van der Waals surface area contributed by atoms with E-state index in [0.29, 0.717) is 45.5 Å². The largest absolute Gasteiger partial charge is 0.406 e. The number of rotatable bonds is 4. The van der Waals surface area contributed by atoms with Crippen LogP contribution in [0.25, 0.3) is 16.8 Å². The van der Waals surface area contributed by atoms with Crippen LogP contribution < -0.4 is 11.1 Å². The summed E-state index contributed by atoms with van der Waals surface area (Å²) >= 11 is 5.96. The molecule has 0 aliphatic carbocycles. The van der Waals surface area contributed by atoms with Gasteiger partial charge in [-0.2, -0.15) is 22.8 Å². The monoisotopic (exact) mass is 562 g/mol. The number of hydrogen-bond acceptors (Lipinski definition) is 5. The Kier molecular flexibility index (Phi) is 7.06. The Morgan fingerprint density at radius 2 is 1.87 bits per heavy atom. The van der Waals surface area contributed by atoms with Gasteiger partial charge >= 0.3 is 6.18 Å². The minimum absolute atomic E-state index is 0.191. The summed E-state index contributed by atoms with van der Waals surface area (Å²) in [6.45, 7) is 2.17. The van der Waals surface area contributed by atoms with Crippen LogP contribution in [-0.2, 0) is 11.3 Å². The van der Waals surface area contributed by atoms with E-state index in [9.17, 15) is 22.8 Å². The van der Waals surface area contributed by atoms with E-state index in [0.717, 1.165) is 16.8 Å². The fraction of sp³-hybridized carbons (Fsp3) is 0.333. The Morgan fingerprint density at radius 1 is 1.10 bits per heavy atom. The third-order valence-electron chi connectivity index (χ3n) is 6.93. The van der Waals surface area contributed by atoms with Crippen molar-refractivity contribution in [2.24, 2.45) is 0 Å². The molecule has 0 bridgehead atoms. The van der Waals surface area contributed by atoms with Gasteiger partial charge in [0.1, 0.15) is 12.4 Å². The zero-order valence-corrected chi connectivity index (χ0v) is 21.7. The summed E-state index contributed by atoms with van der Waals surface area (Å²) in [6, 6.07) is 8.43. The number of fused-ring (bicyclic) bond motifs is 1. The lowest BCUT2D eigenvalue weighted by Crippen LogP contribution is -2.29. The number of halogens is 5. The molecule has 0 radical (unpaired) electrons. The topological polar surface area (TPSA) is 78.5 Å². The van der Waals surface area contributed by atoms with Crippen LogP contribution in [0, 0.1) is 19.7 Å². The summed E-state index contributed by atoms with van der Waals surface area (Å²) in [7, 11) is 0. The molecule has 0 spiro atoms. The fourth-order valence-electron chi connectivity index (χ4n) is 4.78. The minimum Gasteiger partial charge on any atom is -0.373 e. The zero-order valence-electron chi connectivity index (χ0n) is 20.9. The zero-order chi connectivity index (χ0) is 28.1. The van der Waals surface area contributed by atoms with Gasteiger partial charge in [0.25, 0.3) is 11.1 Å². The van der Waals surface area contributed by atoms with E-state index in [4.69, 9.17) is 16.3 Å². The first kappa shape index (κ1) is 27.0. The van der Waals surface area contributed by atoms with E-state index in [1.807, 2.05) is 0 Å². The molecule has 3 aromatic heterocycles. The molecule has 0 N–H and O–H groups in total. The van der Waals surface area contributed by atoms with E-state index in [-0.39, 0.29) is 28.8 Å². The van der Waals surface area contributed by atoms with Gasteiger partial charge in [-0.3, -0.25) is 9.59 Å². The lowest BCUT2D eigenvalue weighted by molar-refractivity contribution is -0.141. The molecule has 0 saturated carbocycles. The highest BCUT2D eigenvalue weighted by Gasteiger charge is 2.31. The number of pyridine rings is 1. The van der Waals surface area contributed by atoms with Crippen LogP contribution in [0.5, 0.6) is 0 Å². The Labute approximate surface area is 224 Å². The predicted octanol–water partition coefficient (Wildman–Crippen LogP) is 5.53. The third-order valence-corrected chi connectivity index (χ3v) is 7.17. The molecule has 12 heteroatoms. The number of ether oxygens (including phenoxy) is 1. The van der Waals surface area contributed by atoms with Gasteiger partial charge in [0.2, 0.25) is 0 Å². The molecule has 2 atom stereocenters. The molecule has 204 valence electrons. The highest BCUT2D eigenvalue weighted by molar-refractivity contribution is 6.30. The average molecular weight is 563 g/mol. The average Bonchev–Trinajstić information content (AvgIpc) is 2.88. The summed E-state index contributed by atoms with van der Waals surface area (Å²) < 4.78 is 61.5. The van der Waals surface area contributed by atoms with Crippen molar-refractivity contribution >= 4 is 17.2 Å². The van der Waals surface area contributed by atoms with Crippen LogP contribution >= 0.6 is 11.6 Å². The maximum absolute atomic E-state index is 15.0. The van der Waals surface area contributed by atoms with Crippen LogP contribution in [0.2, 0.25) is 5.02 Å². The normalized spacial score (nSPS) is 18.0. The van der Waals surface area contributed by atoms with E-state index >= 15 is 4.39 Å². The molecule has 1 saturated heterocycles. The van der Waals surface area contributed by atoms with Crippen molar-refractivity contribution in [3.05, 3.63) is 96.7 Å². The minimum atomic E-state index is -4.56. The third kappa shape index (κ3) is 5.46. The smallest absolute Gasteiger partial charge is 0.373 e. The Morgan fingerprint density at radius 3 is 2.59 bits per heavy atom. The van der Waals surface area contributed by atoms with Gasteiger partial charge in [0, 0.05) is 52.2 Å². The SMILES string of the molecule is Cc1nc2c(-c3ccc(Cl)cc3F)cc([C@@H]3CCO[C@H](c4ccc(=O)n(CC(F)(F)F)c4)C3)nn2c(=O)c1C. The number of alkyl halides is 3. The van der Waals surface area contributed by atoms with Crippen LogP contribution in [0.3, 0.4) is 0 Å². The summed E-state index contributed by atoms with van der Waals surface area (Å²) in [5.74, 6) is -0.871. The van der Waals surface area contributed by atoms with Crippen LogP contribution in [0.1, 0.15) is 47.4 Å². The molecule has 1 aliphatic heterocycles. The van der Waals surface area contributed by atoms with Gasteiger partial charge in [-0.05, 0) is 62.6 Å². The van der Waals surface area contributed by atoms with Crippen molar-refractivity contribution in [1.29, 1.82) is 0 Å². The lowest BCUT2D eigenvalue weighted by atomic mass is 9.89.